The van der Waals surface area contributed by atoms with E-state index in [1.54, 1.807) is 0 Å². The highest BCUT2D eigenvalue weighted by atomic mass is 16.5. The van der Waals surface area contributed by atoms with Gasteiger partial charge >= 0.3 is 0 Å². The second-order valence-corrected chi connectivity index (χ2v) is 5.56. The summed E-state index contributed by atoms with van der Waals surface area (Å²) in [7, 11) is 0. The van der Waals surface area contributed by atoms with Gasteiger partial charge in [0.15, 0.2) is 5.82 Å². The number of hydrogen-bond acceptors (Lipinski definition) is 5. The topological polar surface area (TPSA) is 68.2 Å². The lowest BCUT2D eigenvalue weighted by atomic mass is 10.0. The SMILES string of the molecule is CC(C)Cc1noc(CN2CCCCC2CN)n1. The summed E-state index contributed by atoms with van der Waals surface area (Å²) in [6.45, 7) is 6.86. The van der Waals surface area contributed by atoms with Crippen LogP contribution in [0.1, 0.15) is 44.8 Å². The first-order valence-electron chi connectivity index (χ1n) is 6.94. The fourth-order valence-corrected chi connectivity index (χ4v) is 2.51. The molecule has 2 heterocycles. The minimum Gasteiger partial charge on any atom is -0.338 e. The van der Waals surface area contributed by atoms with Crippen LogP contribution in [-0.4, -0.2) is 34.2 Å². The molecule has 1 aliphatic heterocycles. The Bertz CT molecular complexity index is 364. The van der Waals surface area contributed by atoms with Crippen molar-refractivity contribution in [2.45, 2.75) is 52.1 Å². The Hall–Kier alpha value is -0.940. The summed E-state index contributed by atoms with van der Waals surface area (Å²) < 4.78 is 5.32. The smallest absolute Gasteiger partial charge is 0.240 e. The fraction of sp³-hybridized carbons (Fsp3) is 0.846. The normalized spacial score (nSPS) is 21.7. The molecule has 5 nitrogen and oxygen atoms in total. The number of likely N-dealkylation sites (tertiary alicyclic amines) is 1. The molecule has 1 aliphatic rings. The summed E-state index contributed by atoms with van der Waals surface area (Å²) in [6.07, 6.45) is 4.58. The molecule has 0 amide bonds. The third kappa shape index (κ3) is 3.53. The first-order chi connectivity index (χ1) is 8.69. The number of aromatic nitrogens is 2. The Balaban J connectivity index is 1.93. The Morgan fingerprint density at radius 1 is 1.44 bits per heavy atom. The van der Waals surface area contributed by atoms with E-state index < -0.39 is 0 Å². The van der Waals surface area contributed by atoms with Crippen molar-refractivity contribution in [3.63, 3.8) is 0 Å². The summed E-state index contributed by atoms with van der Waals surface area (Å²) in [5.74, 6) is 2.11. The molecule has 0 aromatic carbocycles. The maximum absolute atomic E-state index is 5.81. The van der Waals surface area contributed by atoms with Crippen LogP contribution in [-0.2, 0) is 13.0 Å². The minimum atomic E-state index is 0.471. The second kappa shape index (κ2) is 6.29. The van der Waals surface area contributed by atoms with E-state index in [-0.39, 0.29) is 0 Å². The number of nitrogens with two attached hydrogens (primary N) is 1. The Morgan fingerprint density at radius 3 is 3.00 bits per heavy atom. The average molecular weight is 252 g/mol. The van der Waals surface area contributed by atoms with Crippen LogP contribution in [0.4, 0.5) is 0 Å². The van der Waals surface area contributed by atoms with Crippen molar-refractivity contribution in [2.75, 3.05) is 13.1 Å². The molecular weight excluding hydrogens is 228 g/mol. The van der Waals surface area contributed by atoms with Gasteiger partial charge in [-0.25, -0.2) is 0 Å². The van der Waals surface area contributed by atoms with Gasteiger partial charge in [-0.3, -0.25) is 4.90 Å². The van der Waals surface area contributed by atoms with E-state index in [2.05, 4.69) is 28.9 Å². The van der Waals surface area contributed by atoms with Crippen LogP contribution in [0.2, 0.25) is 0 Å². The van der Waals surface area contributed by atoms with Gasteiger partial charge in [-0.2, -0.15) is 4.98 Å². The lowest BCUT2D eigenvalue weighted by Gasteiger charge is -2.33. The molecule has 2 rings (SSSR count). The van der Waals surface area contributed by atoms with E-state index >= 15 is 0 Å². The molecule has 2 N–H and O–H groups in total. The van der Waals surface area contributed by atoms with Crippen LogP contribution in [0.3, 0.4) is 0 Å². The highest BCUT2D eigenvalue weighted by Gasteiger charge is 2.23. The fourth-order valence-electron chi connectivity index (χ4n) is 2.51. The number of rotatable bonds is 5. The Morgan fingerprint density at radius 2 is 2.28 bits per heavy atom. The lowest BCUT2D eigenvalue weighted by Crippen LogP contribution is -2.43. The van der Waals surface area contributed by atoms with Crippen molar-refractivity contribution in [3.05, 3.63) is 11.7 Å². The van der Waals surface area contributed by atoms with E-state index in [9.17, 15) is 0 Å². The third-order valence-corrected chi connectivity index (χ3v) is 3.46. The molecular formula is C13H24N4O. The maximum Gasteiger partial charge on any atom is 0.240 e. The van der Waals surface area contributed by atoms with Crippen molar-refractivity contribution in [3.8, 4) is 0 Å². The summed E-state index contributed by atoms with van der Waals surface area (Å²) >= 11 is 0. The van der Waals surface area contributed by atoms with Crippen LogP contribution in [0, 0.1) is 5.92 Å². The predicted molar refractivity (Wildman–Crippen MR) is 69.9 cm³/mol. The van der Waals surface area contributed by atoms with Crippen molar-refractivity contribution in [2.24, 2.45) is 11.7 Å². The van der Waals surface area contributed by atoms with Gasteiger partial charge < -0.3 is 10.3 Å². The predicted octanol–water partition coefficient (Wildman–Crippen LogP) is 1.58. The van der Waals surface area contributed by atoms with Crippen LogP contribution < -0.4 is 5.73 Å². The lowest BCUT2D eigenvalue weighted by molar-refractivity contribution is 0.128. The van der Waals surface area contributed by atoms with Crippen molar-refractivity contribution in [1.29, 1.82) is 0 Å². The third-order valence-electron chi connectivity index (χ3n) is 3.46. The van der Waals surface area contributed by atoms with Crippen molar-refractivity contribution >= 4 is 0 Å². The molecule has 5 heteroatoms. The molecule has 1 unspecified atom stereocenters. The zero-order chi connectivity index (χ0) is 13.0. The van der Waals surface area contributed by atoms with E-state index in [0.29, 0.717) is 18.5 Å². The molecule has 1 aromatic rings. The Kier molecular flexibility index (Phi) is 4.72. The molecule has 18 heavy (non-hydrogen) atoms. The largest absolute Gasteiger partial charge is 0.338 e. The van der Waals surface area contributed by atoms with Crippen LogP contribution in [0.5, 0.6) is 0 Å². The number of piperidine rings is 1. The summed E-state index contributed by atoms with van der Waals surface area (Å²) in [6, 6.07) is 0.471. The van der Waals surface area contributed by atoms with Crippen LogP contribution in [0.15, 0.2) is 4.52 Å². The highest BCUT2D eigenvalue weighted by molar-refractivity contribution is 4.89. The van der Waals surface area contributed by atoms with Gasteiger partial charge in [0.1, 0.15) is 0 Å². The first kappa shape index (κ1) is 13.5. The van der Waals surface area contributed by atoms with Gasteiger partial charge in [-0.15, -0.1) is 0 Å². The summed E-state index contributed by atoms with van der Waals surface area (Å²) in [5, 5.41) is 4.03. The summed E-state index contributed by atoms with van der Waals surface area (Å²) in [4.78, 5) is 6.82. The van der Waals surface area contributed by atoms with Gasteiger partial charge in [0.05, 0.1) is 6.54 Å². The zero-order valence-corrected chi connectivity index (χ0v) is 11.4. The number of hydrogen-bond donors (Lipinski definition) is 1. The van der Waals surface area contributed by atoms with E-state index in [4.69, 9.17) is 10.3 Å². The van der Waals surface area contributed by atoms with E-state index in [1.807, 2.05) is 0 Å². The molecule has 1 aromatic heterocycles. The molecule has 0 aliphatic carbocycles. The molecule has 0 spiro atoms. The molecule has 1 fully saturated rings. The monoisotopic (exact) mass is 252 g/mol. The van der Waals surface area contributed by atoms with Gasteiger partial charge in [0, 0.05) is 19.0 Å². The average Bonchev–Trinajstić information content (AvgIpc) is 2.76. The molecule has 0 saturated carbocycles. The van der Waals surface area contributed by atoms with Crippen LogP contribution >= 0.6 is 0 Å². The van der Waals surface area contributed by atoms with Gasteiger partial charge in [0.2, 0.25) is 5.89 Å². The summed E-state index contributed by atoms with van der Waals surface area (Å²) in [5.41, 5.74) is 5.81. The van der Waals surface area contributed by atoms with Crippen LogP contribution in [0.25, 0.3) is 0 Å². The number of nitrogens with zero attached hydrogens (tertiary/aromatic N) is 3. The molecule has 102 valence electrons. The van der Waals surface area contributed by atoms with Crippen molar-refractivity contribution < 1.29 is 4.52 Å². The molecule has 0 bridgehead atoms. The van der Waals surface area contributed by atoms with Gasteiger partial charge in [-0.1, -0.05) is 25.4 Å². The highest BCUT2D eigenvalue weighted by Crippen LogP contribution is 2.18. The zero-order valence-electron chi connectivity index (χ0n) is 11.4. The van der Waals surface area contributed by atoms with E-state index in [1.165, 1.54) is 19.3 Å². The Labute approximate surface area is 109 Å². The second-order valence-electron chi connectivity index (χ2n) is 5.56. The molecule has 0 radical (unpaired) electrons. The molecule has 1 saturated heterocycles. The van der Waals surface area contributed by atoms with E-state index in [0.717, 1.165) is 31.2 Å². The standard InChI is InChI=1S/C13H24N4O/c1-10(2)7-12-15-13(18-16-12)9-17-6-4-3-5-11(17)8-14/h10-11H,3-9,14H2,1-2H3. The minimum absolute atomic E-state index is 0.471. The first-order valence-corrected chi connectivity index (χ1v) is 6.94. The van der Waals surface area contributed by atoms with Gasteiger partial charge in [0.25, 0.3) is 0 Å². The van der Waals surface area contributed by atoms with Gasteiger partial charge in [-0.05, 0) is 25.3 Å². The molecule has 1 atom stereocenters. The maximum atomic E-state index is 5.81. The quantitative estimate of drug-likeness (QED) is 0.861. The van der Waals surface area contributed by atoms with Crippen molar-refractivity contribution in [1.82, 2.24) is 15.0 Å².